The van der Waals surface area contributed by atoms with Gasteiger partial charge in [-0.1, -0.05) is 20.8 Å². The van der Waals surface area contributed by atoms with Crippen LogP contribution in [-0.2, 0) is 11.3 Å². The summed E-state index contributed by atoms with van der Waals surface area (Å²) < 4.78 is 49.1. The third kappa shape index (κ3) is 5.34. The Balaban J connectivity index is 1.95. The van der Waals surface area contributed by atoms with E-state index in [2.05, 4.69) is 5.32 Å². The fourth-order valence-corrected chi connectivity index (χ4v) is 4.71. The lowest BCUT2D eigenvalue weighted by Crippen LogP contribution is -2.37. The number of fused-ring (bicyclic) bond motifs is 1. The number of nitrogens with one attached hydrogen (secondary N) is 1. The van der Waals surface area contributed by atoms with E-state index >= 15 is 0 Å². The van der Waals surface area contributed by atoms with Crippen molar-refractivity contribution in [3.63, 3.8) is 0 Å². The minimum absolute atomic E-state index is 0.0622. The number of aliphatic hydroxyl groups excluding tert-OH is 1. The van der Waals surface area contributed by atoms with E-state index in [1.807, 2.05) is 25.7 Å². The van der Waals surface area contributed by atoms with Crippen molar-refractivity contribution in [2.24, 2.45) is 5.41 Å². The van der Waals surface area contributed by atoms with Crippen LogP contribution in [-0.4, -0.2) is 53.7 Å². The number of halogens is 3. The topological polar surface area (TPSA) is 104 Å². The van der Waals surface area contributed by atoms with Crippen molar-refractivity contribution in [2.45, 2.75) is 33.4 Å². The molecule has 0 aliphatic carbocycles. The molecule has 0 amide bonds. The first kappa shape index (κ1) is 27.5. The molecule has 3 aromatic rings. The van der Waals surface area contributed by atoms with Crippen molar-refractivity contribution in [1.82, 2.24) is 4.57 Å². The quantitative estimate of drug-likeness (QED) is 0.419. The maximum absolute atomic E-state index is 14.3. The zero-order valence-electron chi connectivity index (χ0n) is 21.4. The van der Waals surface area contributed by atoms with Crippen LogP contribution in [0.2, 0.25) is 0 Å². The first-order valence-electron chi connectivity index (χ1n) is 12.2. The van der Waals surface area contributed by atoms with Crippen LogP contribution in [0.25, 0.3) is 10.9 Å². The molecule has 1 aromatic heterocycles. The molecule has 204 valence electrons. The molecule has 4 rings (SSSR count). The highest BCUT2D eigenvalue weighted by Gasteiger charge is 2.29. The van der Waals surface area contributed by atoms with E-state index in [0.29, 0.717) is 55.3 Å². The Morgan fingerprint density at radius 2 is 1.74 bits per heavy atom. The second-order valence-corrected chi connectivity index (χ2v) is 10.3. The molecule has 38 heavy (non-hydrogen) atoms. The molecule has 11 heteroatoms. The van der Waals surface area contributed by atoms with Gasteiger partial charge in [0.1, 0.15) is 23.0 Å². The van der Waals surface area contributed by atoms with Crippen LogP contribution >= 0.6 is 0 Å². The second kappa shape index (κ2) is 10.7. The number of benzene rings is 2. The van der Waals surface area contributed by atoms with Crippen molar-refractivity contribution >= 4 is 28.2 Å². The van der Waals surface area contributed by atoms with Gasteiger partial charge < -0.3 is 29.7 Å². The van der Waals surface area contributed by atoms with E-state index in [1.54, 1.807) is 10.6 Å². The average molecular weight is 534 g/mol. The summed E-state index contributed by atoms with van der Waals surface area (Å²) in [5.41, 5.74) is -0.744. The fourth-order valence-electron chi connectivity index (χ4n) is 4.71. The highest BCUT2D eigenvalue weighted by atomic mass is 19.1. The Kier molecular flexibility index (Phi) is 7.70. The van der Waals surface area contributed by atoms with Gasteiger partial charge in [0, 0.05) is 48.9 Å². The van der Waals surface area contributed by atoms with Crippen LogP contribution in [0.5, 0.6) is 0 Å². The molecule has 0 bridgehead atoms. The summed E-state index contributed by atoms with van der Waals surface area (Å²) in [5.74, 6) is -4.58. The van der Waals surface area contributed by atoms with Gasteiger partial charge in [0.2, 0.25) is 5.43 Å². The predicted octanol–water partition coefficient (Wildman–Crippen LogP) is 4.15. The van der Waals surface area contributed by atoms with Gasteiger partial charge in [0.25, 0.3) is 0 Å². The fraction of sp³-hybridized carbons (Fsp3) is 0.407. The summed E-state index contributed by atoms with van der Waals surface area (Å²) in [6.07, 6.45) is 1.25. The van der Waals surface area contributed by atoms with E-state index in [4.69, 9.17) is 4.74 Å². The lowest BCUT2D eigenvalue weighted by atomic mass is 9.86. The largest absolute Gasteiger partial charge is 0.477 e. The number of aromatic nitrogens is 1. The first-order chi connectivity index (χ1) is 17.9. The van der Waals surface area contributed by atoms with E-state index in [1.165, 1.54) is 12.3 Å². The Labute approximate surface area is 217 Å². The van der Waals surface area contributed by atoms with E-state index in [9.17, 15) is 33.0 Å². The Morgan fingerprint density at radius 1 is 1.11 bits per heavy atom. The Hall–Kier alpha value is -3.57. The van der Waals surface area contributed by atoms with Crippen LogP contribution in [0.4, 0.5) is 24.5 Å². The Bertz CT molecular complexity index is 1410. The molecule has 0 unspecified atom stereocenters. The molecule has 2 heterocycles. The summed E-state index contributed by atoms with van der Waals surface area (Å²) >= 11 is 0. The maximum atomic E-state index is 14.3. The number of carboxylic acids is 1. The van der Waals surface area contributed by atoms with Gasteiger partial charge in [-0.3, -0.25) is 4.79 Å². The van der Waals surface area contributed by atoms with Gasteiger partial charge in [-0.2, -0.15) is 0 Å². The van der Waals surface area contributed by atoms with Crippen molar-refractivity contribution in [3.05, 3.63) is 69.3 Å². The molecular formula is C27H30F3N3O5. The zero-order chi connectivity index (χ0) is 27.8. The number of morpholine rings is 1. The molecule has 0 saturated carbocycles. The molecule has 0 radical (unpaired) electrons. The molecule has 1 atom stereocenters. The van der Waals surface area contributed by atoms with Crippen LogP contribution in [0.3, 0.4) is 0 Å². The molecule has 3 N–H and O–H groups in total. The van der Waals surface area contributed by atoms with Gasteiger partial charge in [0.15, 0.2) is 0 Å². The van der Waals surface area contributed by atoms with Crippen molar-refractivity contribution in [2.75, 3.05) is 43.1 Å². The smallest absolute Gasteiger partial charge is 0.341 e. The van der Waals surface area contributed by atoms with Gasteiger partial charge >= 0.3 is 5.97 Å². The number of aliphatic hydroxyl groups is 1. The van der Waals surface area contributed by atoms with Crippen LogP contribution < -0.4 is 15.6 Å². The van der Waals surface area contributed by atoms with E-state index in [0.717, 1.165) is 0 Å². The number of aromatic carboxylic acids is 1. The maximum Gasteiger partial charge on any atom is 0.341 e. The molecule has 1 saturated heterocycles. The molecule has 8 nitrogen and oxygen atoms in total. The summed E-state index contributed by atoms with van der Waals surface area (Å²) in [4.78, 5) is 27.2. The van der Waals surface area contributed by atoms with Crippen molar-refractivity contribution in [1.29, 1.82) is 0 Å². The van der Waals surface area contributed by atoms with Crippen molar-refractivity contribution in [3.8, 4) is 0 Å². The lowest BCUT2D eigenvalue weighted by Gasteiger charge is -2.34. The third-order valence-electron chi connectivity index (χ3n) is 6.80. The van der Waals surface area contributed by atoms with Crippen LogP contribution in [0, 0.1) is 22.9 Å². The van der Waals surface area contributed by atoms with E-state index in [-0.39, 0.29) is 24.1 Å². The normalized spacial score (nSPS) is 15.1. The highest BCUT2D eigenvalue weighted by Crippen LogP contribution is 2.37. The minimum Gasteiger partial charge on any atom is -0.477 e. The number of hydrogen-bond donors (Lipinski definition) is 3. The van der Waals surface area contributed by atoms with Crippen LogP contribution in [0.15, 0.2) is 35.3 Å². The number of pyridine rings is 1. The van der Waals surface area contributed by atoms with Crippen LogP contribution in [0.1, 0.15) is 42.7 Å². The molecule has 1 fully saturated rings. The number of hydrogen-bond acceptors (Lipinski definition) is 6. The van der Waals surface area contributed by atoms with E-state index < -0.39 is 45.9 Å². The Morgan fingerprint density at radius 3 is 2.29 bits per heavy atom. The summed E-state index contributed by atoms with van der Waals surface area (Å²) in [7, 11) is 0. The lowest BCUT2D eigenvalue weighted by molar-refractivity contribution is 0.0692. The van der Waals surface area contributed by atoms with Gasteiger partial charge in [0.05, 0.1) is 42.8 Å². The molecule has 1 aliphatic rings. The average Bonchev–Trinajstić information content (AvgIpc) is 2.84. The summed E-state index contributed by atoms with van der Waals surface area (Å²) in [6, 6.07) is 3.78. The number of nitrogens with zero attached hydrogens (tertiary/aromatic N) is 2. The number of carbonyl (C=O) groups is 1. The second-order valence-electron chi connectivity index (χ2n) is 10.3. The van der Waals surface area contributed by atoms with Gasteiger partial charge in [-0.25, -0.2) is 18.0 Å². The standard InChI is InChI=1S/C27H30F3N3O5/c1-27(2,3)24(14-34)33-13-18(26(36)37)25(35)16-10-21(23(11-22(16)33)32-4-6-38-7-5-32)31-12-17-19(29)8-15(28)9-20(17)30/h8-11,13,24,31,34H,4-7,12,14H2,1-3H3,(H,36,37)/t24-/m1/s1. The van der Waals surface area contributed by atoms with Gasteiger partial charge in [-0.05, 0) is 17.5 Å². The number of rotatable bonds is 7. The number of anilines is 2. The molecular weight excluding hydrogens is 503 g/mol. The number of carboxylic acid groups (broad SMARTS) is 1. The molecule has 2 aromatic carbocycles. The predicted molar refractivity (Wildman–Crippen MR) is 137 cm³/mol. The van der Waals surface area contributed by atoms with Gasteiger partial charge in [-0.15, -0.1) is 0 Å². The SMILES string of the molecule is CC(C)(C)[C@@H](CO)n1cc(C(=O)O)c(=O)c2cc(NCc3c(F)cc(F)cc3F)c(N3CCOCC3)cc21. The van der Waals surface area contributed by atoms with Crippen molar-refractivity contribution < 1.29 is 32.9 Å². The minimum atomic E-state index is -1.42. The monoisotopic (exact) mass is 533 g/mol. The summed E-state index contributed by atoms with van der Waals surface area (Å²) in [5, 5.41) is 23.0. The summed E-state index contributed by atoms with van der Waals surface area (Å²) in [6.45, 7) is 6.88. The zero-order valence-corrected chi connectivity index (χ0v) is 21.4. The third-order valence-corrected chi connectivity index (χ3v) is 6.80. The molecule has 1 aliphatic heterocycles. The molecule has 0 spiro atoms. The first-order valence-corrected chi connectivity index (χ1v) is 12.2. The highest BCUT2D eigenvalue weighted by molar-refractivity contribution is 5.96. The number of ether oxygens (including phenoxy) is 1.